The van der Waals surface area contributed by atoms with Crippen molar-refractivity contribution in [2.45, 2.75) is 44.9 Å². The standard InChI is InChI=1S/C24H25N/c1-18-17-25-24(22-10-6-3-7-11-22)16-23(18)21-14-12-20(13-15-21)19-8-4-2-5-9-19/h3,6-7,10-17,19H,2,4-5,8-9H2,1H3. The first kappa shape index (κ1) is 16.1. The van der Waals surface area contributed by atoms with E-state index in [1.54, 1.807) is 0 Å². The number of aryl methyl sites for hydroxylation is 1. The quantitative estimate of drug-likeness (QED) is 0.517. The van der Waals surface area contributed by atoms with Crippen molar-refractivity contribution in [2.75, 3.05) is 0 Å². The van der Waals surface area contributed by atoms with Crippen LogP contribution in [0.25, 0.3) is 22.4 Å². The fourth-order valence-electron chi connectivity index (χ4n) is 3.97. The summed E-state index contributed by atoms with van der Waals surface area (Å²) in [6, 6.07) is 21.9. The topological polar surface area (TPSA) is 12.9 Å². The summed E-state index contributed by atoms with van der Waals surface area (Å²) in [5, 5.41) is 0. The molecule has 1 nitrogen and oxygen atoms in total. The molecule has 1 aromatic heterocycles. The molecule has 0 radical (unpaired) electrons. The van der Waals surface area contributed by atoms with Gasteiger partial charge in [-0.3, -0.25) is 4.98 Å². The highest BCUT2D eigenvalue weighted by Gasteiger charge is 2.15. The van der Waals surface area contributed by atoms with Gasteiger partial charge in [-0.15, -0.1) is 0 Å². The maximum Gasteiger partial charge on any atom is 0.0708 e. The Balaban J connectivity index is 1.65. The minimum Gasteiger partial charge on any atom is -0.256 e. The minimum absolute atomic E-state index is 0.765. The molecule has 1 heterocycles. The molecule has 1 aliphatic rings. The average Bonchev–Trinajstić information content (AvgIpc) is 2.70. The highest BCUT2D eigenvalue weighted by molar-refractivity contribution is 5.73. The van der Waals surface area contributed by atoms with Crippen molar-refractivity contribution in [3.05, 3.63) is 78.0 Å². The van der Waals surface area contributed by atoms with E-state index in [0.29, 0.717) is 0 Å². The zero-order valence-corrected chi connectivity index (χ0v) is 14.9. The smallest absolute Gasteiger partial charge is 0.0708 e. The first-order chi connectivity index (χ1) is 12.3. The number of hydrogen-bond donors (Lipinski definition) is 0. The molecule has 0 unspecified atom stereocenters. The molecule has 1 fully saturated rings. The zero-order chi connectivity index (χ0) is 17.1. The second-order valence-electron chi connectivity index (χ2n) is 7.21. The summed E-state index contributed by atoms with van der Waals surface area (Å²) < 4.78 is 0. The van der Waals surface area contributed by atoms with Gasteiger partial charge in [-0.05, 0) is 54.0 Å². The van der Waals surface area contributed by atoms with E-state index < -0.39 is 0 Å². The number of nitrogens with zero attached hydrogens (tertiary/aromatic N) is 1. The SMILES string of the molecule is Cc1cnc(-c2ccccc2)cc1-c1ccc(C2CCCCC2)cc1. The van der Waals surface area contributed by atoms with E-state index >= 15 is 0 Å². The first-order valence-electron chi connectivity index (χ1n) is 9.44. The van der Waals surface area contributed by atoms with Crippen molar-refractivity contribution < 1.29 is 0 Å². The predicted octanol–water partition coefficient (Wildman–Crippen LogP) is 6.77. The number of rotatable bonds is 3. The van der Waals surface area contributed by atoms with E-state index in [2.05, 4.69) is 66.5 Å². The third-order valence-electron chi connectivity index (χ3n) is 5.47. The van der Waals surface area contributed by atoms with E-state index in [0.717, 1.165) is 11.6 Å². The van der Waals surface area contributed by atoms with Gasteiger partial charge < -0.3 is 0 Å². The third-order valence-corrected chi connectivity index (χ3v) is 5.47. The monoisotopic (exact) mass is 327 g/mol. The molecule has 126 valence electrons. The minimum atomic E-state index is 0.765. The van der Waals surface area contributed by atoms with Gasteiger partial charge in [0.1, 0.15) is 0 Å². The van der Waals surface area contributed by atoms with Crippen LogP contribution in [0.15, 0.2) is 66.9 Å². The first-order valence-corrected chi connectivity index (χ1v) is 9.44. The van der Waals surface area contributed by atoms with Crippen LogP contribution < -0.4 is 0 Å². The van der Waals surface area contributed by atoms with Crippen LogP contribution in [0.3, 0.4) is 0 Å². The molecule has 0 N–H and O–H groups in total. The number of benzene rings is 2. The van der Waals surface area contributed by atoms with Crippen LogP contribution in [0.4, 0.5) is 0 Å². The number of aromatic nitrogens is 1. The molecular weight excluding hydrogens is 302 g/mol. The van der Waals surface area contributed by atoms with Crippen LogP contribution in [0.2, 0.25) is 0 Å². The van der Waals surface area contributed by atoms with Gasteiger partial charge in [0.15, 0.2) is 0 Å². The molecule has 1 aliphatic carbocycles. The van der Waals surface area contributed by atoms with Crippen molar-refractivity contribution in [1.82, 2.24) is 4.98 Å². The molecule has 3 aromatic rings. The van der Waals surface area contributed by atoms with E-state index in [1.165, 1.54) is 59.9 Å². The zero-order valence-electron chi connectivity index (χ0n) is 14.9. The van der Waals surface area contributed by atoms with Crippen LogP contribution in [-0.2, 0) is 0 Å². The van der Waals surface area contributed by atoms with Gasteiger partial charge in [-0.2, -0.15) is 0 Å². The fourth-order valence-corrected chi connectivity index (χ4v) is 3.97. The Labute approximate surface area is 150 Å². The van der Waals surface area contributed by atoms with Gasteiger partial charge >= 0.3 is 0 Å². The molecular formula is C24H25N. The highest BCUT2D eigenvalue weighted by Crippen LogP contribution is 2.34. The molecule has 0 amide bonds. The van der Waals surface area contributed by atoms with Crippen molar-refractivity contribution >= 4 is 0 Å². The Morgan fingerprint density at radius 3 is 2.24 bits per heavy atom. The van der Waals surface area contributed by atoms with Gasteiger partial charge in [-0.1, -0.05) is 73.9 Å². The summed E-state index contributed by atoms with van der Waals surface area (Å²) in [4.78, 5) is 4.63. The second kappa shape index (κ2) is 7.23. The van der Waals surface area contributed by atoms with Gasteiger partial charge in [0, 0.05) is 11.8 Å². The van der Waals surface area contributed by atoms with Gasteiger partial charge in [0.2, 0.25) is 0 Å². The Morgan fingerprint density at radius 1 is 0.800 bits per heavy atom. The Hall–Kier alpha value is -2.41. The molecule has 25 heavy (non-hydrogen) atoms. The lowest BCUT2D eigenvalue weighted by Gasteiger charge is -2.22. The van der Waals surface area contributed by atoms with Crippen LogP contribution in [0, 0.1) is 6.92 Å². The lowest BCUT2D eigenvalue weighted by atomic mass is 9.83. The number of hydrogen-bond acceptors (Lipinski definition) is 1. The summed E-state index contributed by atoms with van der Waals surface area (Å²) in [5.74, 6) is 0.765. The van der Waals surface area contributed by atoms with E-state index in [9.17, 15) is 0 Å². The number of pyridine rings is 1. The van der Waals surface area contributed by atoms with Crippen molar-refractivity contribution in [3.63, 3.8) is 0 Å². The van der Waals surface area contributed by atoms with Crippen LogP contribution in [0.1, 0.15) is 49.1 Å². The van der Waals surface area contributed by atoms with Crippen molar-refractivity contribution in [2.24, 2.45) is 0 Å². The fraction of sp³-hybridized carbons (Fsp3) is 0.292. The average molecular weight is 327 g/mol. The second-order valence-corrected chi connectivity index (χ2v) is 7.21. The van der Waals surface area contributed by atoms with E-state index in [1.807, 2.05) is 12.3 Å². The van der Waals surface area contributed by atoms with Gasteiger partial charge in [0.25, 0.3) is 0 Å². The summed E-state index contributed by atoms with van der Waals surface area (Å²) in [7, 11) is 0. The summed E-state index contributed by atoms with van der Waals surface area (Å²) in [5.41, 5.74) is 7.52. The maximum atomic E-state index is 4.63. The molecule has 0 aliphatic heterocycles. The largest absolute Gasteiger partial charge is 0.256 e. The predicted molar refractivity (Wildman–Crippen MR) is 106 cm³/mol. The summed E-state index contributed by atoms with van der Waals surface area (Å²) >= 11 is 0. The van der Waals surface area contributed by atoms with Crippen LogP contribution >= 0.6 is 0 Å². The molecule has 0 spiro atoms. The maximum absolute atomic E-state index is 4.63. The third kappa shape index (κ3) is 3.51. The summed E-state index contributed by atoms with van der Waals surface area (Å²) in [6.45, 7) is 2.14. The molecule has 2 aromatic carbocycles. The molecule has 0 bridgehead atoms. The normalized spacial score (nSPS) is 15.2. The highest BCUT2D eigenvalue weighted by atomic mass is 14.7. The Kier molecular flexibility index (Phi) is 4.65. The molecule has 1 heteroatoms. The molecule has 1 saturated carbocycles. The van der Waals surface area contributed by atoms with Crippen LogP contribution in [-0.4, -0.2) is 4.98 Å². The molecule has 0 saturated heterocycles. The van der Waals surface area contributed by atoms with Gasteiger partial charge in [-0.25, -0.2) is 0 Å². The van der Waals surface area contributed by atoms with Crippen molar-refractivity contribution in [1.29, 1.82) is 0 Å². The van der Waals surface area contributed by atoms with Crippen molar-refractivity contribution in [3.8, 4) is 22.4 Å². The van der Waals surface area contributed by atoms with Gasteiger partial charge in [0.05, 0.1) is 5.69 Å². The summed E-state index contributed by atoms with van der Waals surface area (Å²) in [6.07, 6.45) is 8.88. The van der Waals surface area contributed by atoms with Crippen LogP contribution in [0.5, 0.6) is 0 Å². The lowest BCUT2D eigenvalue weighted by molar-refractivity contribution is 0.443. The van der Waals surface area contributed by atoms with E-state index in [-0.39, 0.29) is 0 Å². The lowest BCUT2D eigenvalue weighted by Crippen LogP contribution is -2.04. The Bertz CT molecular complexity index is 828. The molecule has 0 atom stereocenters. The van der Waals surface area contributed by atoms with E-state index in [4.69, 9.17) is 0 Å². The molecule has 4 rings (SSSR count). The Morgan fingerprint density at radius 2 is 1.52 bits per heavy atom.